The number of rotatable bonds is 5. The van der Waals surface area contributed by atoms with E-state index in [-0.39, 0.29) is 5.91 Å². The van der Waals surface area contributed by atoms with Crippen LogP contribution in [0.15, 0.2) is 36.5 Å². The molecular weight excluding hydrogens is 322 g/mol. The van der Waals surface area contributed by atoms with Crippen molar-refractivity contribution in [3.63, 3.8) is 0 Å². The molecule has 0 saturated heterocycles. The molecule has 0 bridgehead atoms. The zero-order valence-electron chi connectivity index (χ0n) is 12.0. The normalized spacial score (nSPS) is 11.5. The van der Waals surface area contributed by atoms with Gasteiger partial charge in [-0.25, -0.2) is 13.4 Å². The molecule has 1 aromatic carbocycles. The number of anilines is 2. The molecule has 8 heteroatoms. The van der Waals surface area contributed by atoms with Gasteiger partial charge in [-0.1, -0.05) is 12.1 Å². The first kappa shape index (κ1) is 16.2. The maximum absolute atomic E-state index is 11.7. The summed E-state index contributed by atoms with van der Waals surface area (Å²) >= 11 is 1.40. The quantitative estimate of drug-likeness (QED) is 0.821. The van der Waals surface area contributed by atoms with Crippen LogP contribution in [0.25, 0.3) is 6.08 Å². The number of carbonyl (C=O) groups excluding carboxylic acids is 1. The van der Waals surface area contributed by atoms with Crippen LogP contribution < -0.4 is 10.0 Å². The molecule has 0 aliphatic carbocycles. The van der Waals surface area contributed by atoms with Crippen molar-refractivity contribution >= 4 is 44.2 Å². The van der Waals surface area contributed by atoms with Crippen LogP contribution in [-0.2, 0) is 14.8 Å². The lowest BCUT2D eigenvalue weighted by atomic mass is 10.2. The Morgan fingerprint density at radius 2 is 1.95 bits per heavy atom. The van der Waals surface area contributed by atoms with Crippen molar-refractivity contribution in [2.45, 2.75) is 6.92 Å². The van der Waals surface area contributed by atoms with Crippen LogP contribution in [0, 0.1) is 6.92 Å². The summed E-state index contributed by atoms with van der Waals surface area (Å²) in [6.45, 7) is 1.91. The Bertz CT molecular complexity index is 793. The number of aryl methyl sites for hydroxylation is 1. The third kappa shape index (κ3) is 5.30. The van der Waals surface area contributed by atoms with Gasteiger partial charge in [-0.3, -0.25) is 14.8 Å². The van der Waals surface area contributed by atoms with Crippen LogP contribution in [0.1, 0.15) is 10.4 Å². The van der Waals surface area contributed by atoms with Crippen molar-refractivity contribution in [1.82, 2.24) is 4.98 Å². The fraction of sp³-hybridized carbons (Fsp3) is 0.143. The maximum Gasteiger partial charge on any atom is 0.250 e. The Kier molecular flexibility index (Phi) is 4.94. The van der Waals surface area contributed by atoms with Gasteiger partial charge in [0, 0.05) is 22.8 Å². The van der Waals surface area contributed by atoms with Crippen LogP contribution in [0.3, 0.4) is 0 Å². The minimum Gasteiger partial charge on any atom is -0.298 e. The van der Waals surface area contributed by atoms with E-state index in [2.05, 4.69) is 15.0 Å². The summed E-state index contributed by atoms with van der Waals surface area (Å²) in [5, 5.41) is 3.22. The molecule has 22 heavy (non-hydrogen) atoms. The molecule has 2 rings (SSSR count). The summed E-state index contributed by atoms with van der Waals surface area (Å²) in [6, 6.07) is 6.68. The Labute approximate surface area is 133 Å². The van der Waals surface area contributed by atoms with Crippen LogP contribution >= 0.6 is 11.3 Å². The smallest absolute Gasteiger partial charge is 0.250 e. The third-order valence-corrected chi connectivity index (χ3v) is 3.93. The van der Waals surface area contributed by atoms with Crippen molar-refractivity contribution in [2.24, 2.45) is 0 Å². The SMILES string of the molecule is Cc1cnc(NC(=O)/C=C/c2ccc(NS(C)(=O)=O)cc2)s1. The van der Waals surface area contributed by atoms with Gasteiger partial charge in [-0.05, 0) is 30.7 Å². The van der Waals surface area contributed by atoms with E-state index in [0.717, 1.165) is 16.7 Å². The van der Waals surface area contributed by atoms with Crippen molar-refractivity contribution in [2.75, 3.05) is 16.3 Å². The summed E-state index contributed by atoms with van der Waals surface area (Å²) in [5.41, 5.74) is 1.26. The lowest BCUT2D eigenvalue weighted by Crippen LogP contribution is -2.09. The standard InChI is InChI=1S/C14H15N3O3S2/c1-10-9-15-14(21-10)16-13(18)8-5-11-3-6-12(7-4-11)17-22(2,19)20/h3-9,17H,1-2H3,(H,15,16,18)/b8-5+. The highest BCUT2D eigenvalue weighted by Gasteiger charge is 2.02. The van der Waals surface area contributed by atoms with E-state index in [0.29, 0.717) is 10.8 Å². The van der Waals surface area contributed by atoms with Gasteiger partial charge in [0.05, 0.1) is 6.26 Å². The van der Waals surface area contributed by atoms with E-state index < -0.39 is 10.0 Å². The van der Waals surface area contributed by atoms with E-state index in [1.807, 2.05) is 6.92 Å². The molecule has 0 spiro atoms. The second-order valence-corrected chi connectivity index (χ2v) is 7.58. The molecule has 2 N–H and O–H groups in total. The summed E-state index contributed by atoms with van der Waals surface area (Å²) < 4.78 is 24.6. The summed E-state index contributed by atoms with van der Waals surface area (Å²) in [5.74, 6) is -0.271. The van der Waals surface area contributed by atoms with E-state index in [4.69, 9.17) is 0 Å². The fourth-order valence-corrected chi connectivity index (χ4v) is 2.84. The number of carbonyl (C=O) groups is 1. The molecule has 6 nitrogen and oxygen atoms in total. The van der Waals surface area contributed by atoms with Crippen LogP contribution in [-0.4, -0.2) is 25.6 Å². The molecule has 0 saturated carbocycles. The van der Waals surface area contributed by atoms with Gasteiger partial charge in [-0.2, -0.15) is 0 Å². The molecule has 0 radical (unpaired) electrons. The highest BCUT2D eigenvalue weighted by atomic mass is 32.2. The first-order chi connectivity index (χ1) is 10.3. The Balaban J connectivity index is 1.96. The number of hydrogen-bond donors (Lipinski definition) is 2. The topological polar surface area (TPSA) is 88.2 Å². The Morgan fingerprint density at radius 1 is 1.27 bits per heavy atom. The minimum atomic E-state index is -3.29. The third-order valence-electron chi connectivity index (χ3n) is 2.49. The number of thiazole rings is 1. The van der Waals surface area contributed by atoms with E-state index >= 15 is 0 Å². The zero-order valence-corrected chi connectivity index (χ0v) is 13.7. The summed E-state index contributed by atoms with van der Waals surface area (Å²) in [6.07, 6.45) is 5.82. The number of sulfonamides is 1. The van der Waals surface area contributed by atoms with Crippen molar-refractivity contribution in [3.05, 3.63) is 47.0 Å². The molecule has 0 atom stereocenters. The maximum atomic E-state index is 11.7. The minimum absolute atomic E-state index is 0.271. The van der Waals surface area contributed by atoms with Gasteiger partial charge in [-0.15, -0.1) is 11.3 Å². The average molecular weight is 337 g/mol. The highest BCUT2D eigenvalue weighted by molar-refractivity contribution is 7.92. The molecule has 1 amide bonds. The van der Waals surface area contributed by atoms with Crippen molar-refractivity contribution in [3.8, 4) is 0 Å². The number of hydrogen-bond acceptors (Lipinski definition) is 5. The van der Waals surface area contributed by atoms with Gasteiger partial charge in [0.2, 0.25) is 15.9 Å². The molecular formula is C14H15N3O3S2. The fourth-order valence-electron chi connectivity index (χ4n) is 1.61. The second-order valence-electron chi connectivity index (χ2n) is 4.59. The molecule has 116 valence electrons. The zero-order chi connectivity index (χ0) is 16.2. The van der Waals surface area contributed by atoms with Gasteiger partial charge in [0.25, 0.3) is 0 Å². The van der Waals surface area contributed by atoms with Gasteiger partial charge in [0.15, 0.2) is 5.13 Å². The lowest BCUT2D eigenvalue weighted by molar-refractivity contribution is -0.111. The molecule has 0 aliphatic rings. The number of aromatic nitrogens is 1. The number of amides is 1. The molecule has 1 aromatic heterocycles. The lowest BCUT2D eigenvalue weighted by Gasteiger charge is -2.03. The van der Waals surface area contributed by atoms with Crippen LogP contribution in [0.5, 0.6) is 0 Å². The molecule has 0 fully saturated rings. The van der Waals surface area contributed by atoms with Crippen molar-refractivity contribution in [1.29, 1.82) is 0 Å². The predicted octanol–water partition coefficient (Wildman–Crippen LogP) is 2.47. The summed E-state index contributed by atoms with van der Waals surface area (Å²) in [4.78, 5) is 16.8. The second kappa shape index (κ2) is 6.71. The van der Waals surface area contributed by atoms with E-state index in [9.17, 15) is 13.2 Å². The average Bonchev–Trinajstić information content (AvgIpc) is 2.81. The Morgan fingerprint density at radius 3 is 2.50 bits per heavy atom. The van der Waals surface area contributed by atoms with E-state index in [1.165, 1.54) is 17.4 Å². The number of nitrogens with one attached hydrogen (secondary N) is 2. The summed E-state index contributed by atoms with van der Waals surface area (Å²) in [7, 11) is -3.29. The monoisotopic (exact) mass is 337 g/mol. The predicted molar refractivity (Wildman–Crippen MR) is 89.4 cm³/mol. The molecule has 2 aromatic rings. The van der Waals surface area contributed by atoms with Gasteiger partial charge >= 0.3 is 0 Å². The molecule has 0 aliphatic heterocycles. The first-order valence-electron chi connectivity index (χ1n) is 6.31. The van der Waals surface area contributed by atoms with E-state index in [1.54, 1.807) is 36.5 Å². The molecule has 0 unspecified atom stereocenters. The molecule has 1 heterocycles. The van der Waals surface area contributed by atoms with Crippen LogP contribution in [0.4, 0.5) is 10.8 Å². The highest BCUT2D eigenvalue weighted by Crippen LogP contribution is 2.16. The largest absolute Gasteiger partial charge is 0.298 e. The van der Waals surface area contributed by atoms with Gasteiger partial charge < -0.3 is 0 Å². The number of nitrogens with zero attached hydrogens (tertiary/aromatic N) is 1. The van der Waals surface area contributed by atoms with Crippen molar-refractivity contribution < 1.29 is 13.2 Å². The number of benzene rings is 1. The Hall–Kier alpha value is -2.19. The first-order valence-corrected chi connectivity index (χ1v) is 9.02. The van der Waals surface area contributed by atoms with Crippen LogP contribution in [0.2, 0.25) is 0 Å². The van der Waals surface area contributed by atoms with Gasteiger partial charge in [0.1, 0.15) is 0 Å².